The molecule has 0 aliphatic rings. The fourth-order valence-corrected chi connectivity index (χ4v) is 1.96. The molecule has 0 radical (unpaired) electrons. The summed E-state index contributed by atoms with van der Waals surface area (Å²) in [5.41, 5.74) is 0.317. The molecule has 3 N–H and O–H groups in total. The maximum Gasteiger partial charge on any atom is 0.337 e. The second-order valence-electron chi connectivity index (χ2n) is 4.77. The molecule has 0 heterocycles. The molecule has 2 aromatic carbocycles. The van der Waals surface area contributed by atoms with Gasteiger partial charge in [-0.2, -0.15) is 0 Å². The van der Waals surface area contributed by atoms with Gasteiger partial charge in [0.2, 0.25) is 5.91 Å². The standard InChI is InChI=1S/C17H15NO6/c1-24-15-6-2-10(8-14(15)20)3-7-16(21)18-13-5-4-11(19)9-12(13)17(22)23/h2-9,19-20H,1H3,(H,18,21)(H,22,23)/p-1/b7-3+. The van der Waals surface area contributed by atoms with E-state index in [0.717, 1.165) is 6.07 Å². The molecule has 1 amide bonds. The minimum Gasteiger partial charge on any atom is -0.870 e. The third-order valence-corrected chi connectivity index (χ3v) is 3.11. The number of amides is 1. The quantitative estimate of drug-likeness (QED) is 0.569. The lowest BCUT2D eigenvalue weighted by molar-refractivity contribution is -0.270. The lowest BCUT2D eigenvalue weighted by atomic mass is 10.1. The number of carbonyl (C=O) groups excluding carboxylic acids is 1. The first-order valence-electron chi connectivity index (χ1n) is 6.81. The van der Waals surface area contributed by atoms with E-state index in [1.165, 1.54) is 43.5 Å². The second kappa shape index (κ2) is 7.19. The number of ether oxygens (including phenoxy) is 1. The molecular formula is C17H14NO6-. The van der Waals surface area contributed by atoms with Crippen molar-refractivity contribution in [1.29, 1.82) is 0 Å². The Labute approximate surface area is 137 Å². The Balaban J connectivity index is 2.14. The highest BCUT2D eigenvalue weighted by molar-refractivity contribution is 6.06. The van der Waals surface area contributed by atoms with Crippen LogP contribution >= 0.6 is 0 Å². The summed E-state index contributed by atoms with van der Waals surface area (Å²) in [5.74, 6) is -2.19. The van der Waals surface area contributed by atoms with Gasteiger partial charge in [-0.15, -0.1) is 0 Å². The Hall–Kier alpha value is -3.48. The number of benzene rings is 2. The first-order valence-corrected chi connectivity index (χ1v) is 6.81. The predicted molar refractivity (Wildman–Crippen MR) is 85.2 cm³/mol. The van der Waals surface area contributed by atoms with Gasteiger partial charge in [-0.05, 0) is 35.9 Å². The van der Waals surface area contributed by atoms with Gasteiger partial charge in [-0.3, -0.25) is 4.79 Å². The highest BCUT2D eigenvalue weighted by Crippen LogP contribution is 2.24. The summed E-state index contributed by atoms with van der Waals surface area (Å²) in [5, 5.41) is 32.4. The van der Waals surface area contributed by atoms with Gasteiger partial charge in [-0.1, -0.05) is 17.9 Å². The van der Waals surface area contributed by atoms with Gasteiger partial charge in [0, 0.05) is 6.08 Å². The summed E-state index contributed by atoms with van der Waals surface area (Å²) >= 11 is 0. The van der Waals surface area contributed by atoms with Gasteiger partial charge in [-0.25, -0.2) is 4.79 Å². The molecule has 0 saturated heterocycles. The van der Waals surface area contributed by atoms with Gasteiger partial charge >= 0.3 is 5.97 Å². The van der Waals surface area contributed by atoms with Crippen LogP contribution in [0.2, 0.25) is 0 Å². The van der Waals surface area contributed by atoms with Crippen molar-refractivity contribution in [3.05, 3.63) is 53.6 Å². The fraction of sp³-hybridized carbons (Fsp3) is 0.0588. The van der Waals surface area contributed by atoms with Crippen LogP contribution in [-0.4, -0.2) is 29.2 Å². The molecule has 2 aromatic rings. The average molecular weight is 328 g/mol. The lowest BCUT2D eigenvalue weighted by Gasteiger charge is -2.12. The first-order chi connectivity index (χ1) is 11.4. The van der Waals surface area contributed by atoms with Crippen molar-refractivity contribution in [2.45, 2.75) is 0 Å². The number of carboxylic acids is 1. The molecule has 0 fully saturated rings. The van der Waals surface area contributed by atoms with Crippen LogP contribution in [0.3, 0.4) is 0 Å². The molecule has 2 rings (SSSR count). The summed E-state index contributed by atoms with van der Waals surface area (Å²) in [6, 6.07) is 7.99. The van der Waals surface area contributed by atoms with Crippen molar-refractivity contribution in [2.75, 3.05) is 12.4 Å². The number of phenolic OH excluding ortho intramolecular Hbond substituents is 1. The van der Waals surface area contributed by atoms with Gasteiger partial charge in [0.05, 0.1) is 18.4 Å². The predicted octanol–water partition coefficient (Wildman–Crippen LogP) is 1.82. The number of hydrogen-bond acceptors (Lipinski definition) is 5. The molecular weight excluding hydrogens is 314 g/mol. The minimum absolute atomic E-state index is 0.0502. The van der Waals surface area contributed by atoms with E-state index in [9.17, 15) is 19.8 Å². The topological polar surface area (TPSA) is 119 Å². The maximum absolute atomic E-state index is 11.9. The van der Waals surface area contributed by atoms with E-state index < -0.39 is 11.9 Å². The van der Waals surface area contributed by atoms with E-state index in [1.54, 1.807) is 6.07 Å². The monoisotopic (exact) mass is 328 g/mol. The SMILES string of the molecule is COc1ccc(/C=C/C(=O)Nc2ccc(O)cc2C(=O)O)cc1[O-]. The Morgan fingerprint density at radius 2 is 1.96 bits per heavy atom. The van der Waals surface area contributed by atoms with E-state index in [-0.39, 0.29) is 28.5 Å². The first kappa shape index (κ1) is 16.9. The number of carboxylic acid groups (broad SMARTS) is 1. The van der Waals surface area contributed by atoms with Crippen LogP contribution in [0.25, 0.3) is 6.08 Å². The highest BCUT2D eigenvalue weighted by Gasteiger charge is 2.12. The highest BCUT2D eigenvalue weighted by atomic mass is 16.5. The zero-order valence-electron chi connectivity index (χ0n) is 12.6. The van der Waals surface area contributed by atoms with Gasteiger partial charge in [0.1, 0.15) is 11.5 Å². The number of aromatic hydroxyl groups is 1. The smallest absolute Gasteiger partial charge is 0.337 e. The fourth-order valence-electron chi connectivity index (χ4n) is 1.96. The number of anilines is 1. The molecule has 7 heteroatoms. The summed E-state index contributed by atoms with van der Waals surface area (Å²) < 4.78 is 4.86. The van der Waals surface area contributed by atoms with Gasteiger partial charge in [0.15, 0.2) is 0 Å². The summed E-state index contributed by atoms with van der Waals surface area (Å²) in [7, 11) is 1.39. The van der Waals surface area contributed by atoms with E-state index >= 15 is 0 Å². The Morgan fingerprint density at radius 1 is 1.21 bits per heavy atom. The largest absolute Gasteiger partial charge is 0.870 e. The molecule has 0 bridgehead atoms. The number of methoxy groups -OCH3 is 1. The van der Waals surface area contributed by atoms with Crippen molar-refractivity contribution in [3.63, 3.8) is 0 Å². The Bertz CT molecular complexity index is 813. The molecule has 0 aliphatic heterocycles. The van der Waals surface area contributed by atoms with Crippen molar-refractivity contribution in [2.24, 2.45) is 0 Å². The second-order valence-corrected chi connectivity index (χ2v) is 4.77. The van der Waals surface area contributed by atoms with Crippen LogP contribution in [0.4, 0.5) is 5.69 Å². The van der Waals surface area contributed by atoms with Crippen LogP contribution in [0.1, 0.15) is 15.9 Å². The molecule has 0 aromatic heterocycles. The number of carbonyl (C=O) groups is 2. The van der Waals surface area contributed by atoms with Crippen LogP contribution in [0.5, 0.6) is 17.2 Å². The zero-order chi connectivity index (χ0) is 17.7. The molecule has 0 spiro atoms. The van der Waals surface area contributed by atoms with Crippen LogP contribution in [0, 0.1) is 0 Å². The normalized spacial score (nSPS) is 10.5. The van der Waals surface area contributed by atoms with Crippen molar-refractivity contribution < 1.29 is 29.6 Å². The van der Waals surface area contributed by atoms with Crippen molar-refractivity contribution >= 4 is 23.6 Å². The molecule has 0 saturated carbocycles. The van der Waals surface area contributed by atoms with E-state index in [2.05, 4.69) is 5.32 Å². The third-order valence-electron chi connectivity index (χ3n) is 3.11. The van der Waals surface area contributed by atoms with Crippen LogP contribution in [0.15, 0.2) is 42.5 Å². The number of rotatable bonds is 5. The zero-order valence-corrected chi connectivity index (χ0v) is 12.6. The van der Waals surface area contributed by atoms with Crippen molar-refractivity contribution in [1.82, 2.24) is 0 Å². The molecule has 7 nitrogen and oxygen atoms in total. The molecule has 24 heavy (non-hydrogen) atoms. The van der Waals surface area contributed by atoms with E-state index in [1.807, 2.05) is 0 Å². The molecule has 124 valence electrons. The molecule has 0 aliphatic carbocycles. The van der Waals surface area contributed by atoms with Crippen LogP contribution < -0.4 is 15.2 Å². The Kier molecular flexibility index (Phi) is 5.06. The number of phenols is 1. The summed E-state index contributed by atoms with van der Waals surface area (Å²) in [6.45, 7) is 0. The molecule has 0 atom stereocenters. The average Bonchev–Trinajstić information content (AvgIpc) is 2.54. The summed E-state index contributed by atoms with van der Waals surface area (Å²) in [4.78, 5) is 23.0. The van der Waals surface area contributed by atoms with Crippen LogP contribution in [-0.2, 0) is 4.79 Å². The minimum atomic E-state index is -1.28. The van der Waals surface area contributed by atoms with E-state index in [4.69, 9.17) is 9.84 Å². The number of nitrogens with one attached hydrogen (secondary N) is 1. The van der Waals surface area contributed by atoms with E-state index in [0.29, 0.717) is 5.56 Å². The van der Waals surface area contributed by atoms with Crippen molar-refractivity contribution in [3.8, 4) is 17.2 Å². The summed E-state index contributed by atoms with van der Waals surface area (Å²) in [6.07, 6.45) is 2.58. The number of hydrogen-bond donors (Lipinski definition) is 3. The van der Waals surface area contributed by atoms with Gasteiger partial charge in [0.25, 0.3) is 0 Å². The maximum atomic E-state index is 11.9. The number of aromatic carboxylic acids is 1. The third kappa shape index (κ3) is 4.04. The lowest BCUT2D eigenvalue weighted by Crippen LogP contribution is -2.11. The molecule has 0 unspecified atom stereocenters. The Morgan fingerprint density at radius 3 is 2.58 bits per heavy atom. The van der Waals surface area contributed by atoms with Gasteiger partial charge < -0.3 is 25.4 Å².